The molecule has 0 radical (unpaired) electrons. The number of pyridine rings is 2. The van der Waals surface area contributed by atoms with Crippen LogP contribution in [-0.2, 0) is 15.0 Å². The molecule has 1 aromatic carbocycles. The van der Waals surface area contributed by atoms with Gasteiger partial charge in [0.15, 0.2) is 5.75 Å². The topological polar surface area (TPSA) is 91.9 Å². The lowest BCUT2D eigenvalue weighted by Crippen LogP contribution is -2.39. The van der Waals surface area contributed by atoms with Gasteiger partial charge in [-0.05, 0) is 47.9 Å². The third kappa shape index (κ3) is 3.23. The smallest absolute Gasteiger partial charge is 0.283 e. The van der Waals surface area contributed by atoms with Gasteiger partial charge in [-0.15, -0.1) is 0 Å². The summed E-state index contributed by atoms with van der Waals surface area (Å²) in [7, 11) is 0. The molecule has 172 valence electrons. The fraction of sp³-hybridized carbons (Fsp3) is 0.240. The molecular weight excluding hydrogens is 442 g/mol. The lowest BCUT2D eigenvalue weighted by molar-refractivity contribution is 0.164. The second-order valence-corrected chi connectivity index (χ2v) is 8.31. The van der Waals surface area contributed by atoms with E-state index in [0.29, 0.717) is 53.3 Å². The molecule has 0 amide bonds. The highest BCUT2D eigenvalue weighted by molar-refractivity contribution is 5.77. The molecule has 2 aromatic heterocycles. The van der Waals surface area contributed by atoms with Crippen LogP contribution in [0.15, 0.2) is 53.7 Å². The van der Waals surface area contributed by atoms with Crippen molar-refractivity contribution in [3.63, 3.8) is 0 Å². The number of aromatic nitrogens is 2. The lowest BCUT2D eigenvalue weighted by Gasteiger charge is -2.39. The fourth-order valence-corrected chi connectivity index (χ4v) is 4.74. The van der Waals surface area contributed by atoms with Crippen LogP contribution in [-0.4, -0.2) is 35.8 Å². The van der Waals surface area contributed by atoms with E-state index in [4.69, 9.17) is 19.9 Å². The van der Waals surface area contributed by atoms with Crippen molar-refractivity contribution in [2.45, 2.75) is 18.4 Å². The van der Waals surface area contributed by atoms with Crippen molar-refractivity contribution in [2.75, 3.05) is 19.8 Å². The molecule has 0 unspecified atom stereocenters. The zero-order chi connectivity index (χ0) is 23.3. The largest absolute Gasteiger partial charge is 0.465 e. The third-order valence-corrected chi connectivity index (χ3v) is 6.34. The van der Waals surface area contributed by atoms with E-state index in [2.05, 4.69) is 15.0 Å². The third-order valence-electron chi connectivity index (χ3n) is 6.34. The molecule has 0 fully saturated rings. The number of nitrogens with zero attached hydrogens (tertiary/aromatic N) is 3. The molecule has 0 saturated carbocycles. The molecular formula is C25H20F2N4O3. The molecule has 1 atom stereocenters. The zero-order valence-corrected chi connectivity index (χ0v) is 18.1. The average molecular weight is 462 g/mol. The number of fused-ring (bicyclic) bond motifs is 4. The van der Waals surface area contributed by atoms with Crippen molar-refractivity contribution in [3.8, 4) is 22.6 Å². The SMILES string of the molecule is NC1=N[C@@]2(CCO1)c1cc(-c3cccnc3F)ccc1Oc1c2cc(C2=CCCOC2)nc1F. The van der Waals surface area contributed by atoms with Crippen molar-refractivity contribution >= 4 is 11.6 Å². The van der Waals surface area contributed by atoms with Crippen LogP contribution in [0.5, 0.6) is 11.5 Å². The minimum Gasteiger partial charge on any atom is -0.465 e. The van der Waals surface area contributed by atoms with E-state index in [0.717, 1.165) is 12.0 Å². The van der Waals surface area contributed by atoms with E-state index < -0.39 is 17.4 Å². The van der Waals surface area contributed by atoms with Gasteiger partial charge in [-0.3, -0.25) is 0 Å². The van der Waals surface area contributed by atoms with Crippen LogP contribution in [0.3, 0.4) is 0 Å². The van der Waals surface area contributed by atoms with Gasteiger partial charge in [0, 0.05) is 29.3 Å². The fourth-order valence-electron chi connectivity index (χ4n) is 4.74. The van der Waals surface area contributed by atoms with Gasteiger partial charge in [0.1, 0.15) is 11.3 Å². The summed E-state index contributed by atoms with van der Waals surface area (Å²) in [6, 6.07) is 10.2. The maximum Gasteiger partial charge on any atom is 0.283 e. The summed E-state index contributed by atoms with van der Waals surface area (Å²) < 4.78 is 46.8. The summed E-state index contributed by atoms with van der Waals surface area (Å²) >= 11 is 0. The Bertz CT molecular complexity index is 1370. The van der Waals surface area contributed by atoms with Crippen LogP contribution in [0, 0.1) is 11.9 Å². The summed E-state index contributed by atoms with van der Waals surface area (Å²) in [5.41, 5.74) is 8.24. The molecule has 7 nitrogen and oxygen atoms in total. The average Bonchev–Trinajstić information content (AvgIpc) is 2.86. The van der Waals surface area contributed by atoms with Gasteiger partial charge < -0.3 is 19.9 Å². The minimum atomic E-state index is -1.09. The van der Waals surface area contributed by atoms with Crippen LogP contribution in [0.25, 0.3) is 16.7 Å². The van der Waals surface area contributed by atoms with Gasteiger partial charge in [0.05, 0.1) is 25.5 Å². The Morgan fingerprint density at radius 3 is 2.74 bits per heavy atom. The monoisotopic (exact) mass is 462 g/mol. The van der Waals surface area contributed by atoms with Crippen LogP contribution in [0.4, 0.5) is 8.78 Å². The van der Waals surface area contributed by atoms with Crippen molar-refractivity contribution in [2.24, 2.45) is 10.7 Å². The van der Waals surface area contributed by atoms with Crippen molar-refractivity contribution < 1.29 is 23.0 Å². The number of hydrogen-bond donors (Lipinski definition) is 1. The molecule has 34 heavy (non-hydrogen) atoms. The molecule has 6 rings (SSSR count). The van der Waals surface area contributed by atoms with Gasteiger partial charge in [-0.1, -0.05) is 12.1 Å². The summed E-state index contributed by atoms with van der Waals surface area (Å²) in [6.45, 7) is 1.22. The standard InChI is InChI=1S/C25H20F2N4O3/c26-22-16(4-1-8-29-22)14-5-6-20-17(11-14)25(7-10-33-24(28)31-25)18-12-19(15-3-2-9-32-13-15)30-23(27)21(18)34-20/h1,3-6,8,11-12H,2,7,9-10,13H2,(H2,28,31)/t25-/m0/s1. The molecule has 5 heterocycles. The predicted octanol–water partition coefficient (Wildman–Crippen LogP) is 4.31. The van der Waals surface area contributed by atoms with E-state index in [1.807, 2.05) is 6.08 Å². The molecule has 0 bridgehead atoms. The normalized spacial score (nSPS) is 21.0. The van der Waals surface area contributed by atoms with Crippen LogP contribution >= 0.6 is 0 Å². The Hall–Kier alpha value is -3.85. The van der Waals surface area contributed by atoms with Crippen LogP contribution in [0.2, 0.25) is 0 Å². The molecule has 3 aliphatic heterocycles. The van der Waals surface area contributed by atoms with Crippen LogP contribution < -0.4 is 10.5 Å². The quantitative estimate of drug-likeness (QED) is 0.571. The molecule has 9 heteroatoms. The Kier molecular flexibility index (Phi) is 4.80. The summed E-state index contributed by atoms with van der Waals surface area (Å²) in [5, 5.41) is 0. The van der Waals surface area contributed by atoms with Gasteiger partial charge in [0.25, 0.3) is 12.0 Å². The second kappa shape index (κ2) is 7.88. The number of rotatable bonds is 2. The van der Waals surface area contributed by atoms with Crippen LogP contribution in [0.1, 0.15) is 29.7 Å². The first kappa shape index (κ1) is 20.7. The van der Waals surface area contributed by atoms with Gasteiger partial charge in [-0.25, -0.2) is 15.0 Å². The predicted molar refractivity (Wildman–Crippen MR) is 120 cm³/mol. The van der Waals surface area contributed by atoms with E-state index in [1.54, 1.807) is 36.4 Å². The van der Waals surface area contributed by atoms with E-state index in [-0.39, 0.29) is 18.4 Å². The first-order valence-electron chi connectivity index (χ1n) is 10.9. The van der Waals surface area contributed by atoms with Crippen molar-refractivity contribution in [1.82, 2.24) is 9.97 Å². The summed E-state index contributed by atoms with van der Waals surface area (Å²) in [4.78, 5) is 12.6. The van der Waals surface area contributed by atoms with E-state index in [1.165, 1.54) is 6.20 Å². The molecule has 3 aromatic rings. The minimum absolute atomic E-state index is 0.00710. The maximum absolute atomic E-state index is 15.3. The Morgan fingerprint density at radius 1 is 1.03 bits per heavy atom. The van der Waals surface area contributed by atoms with E-state index >= 15 is 4.39 Å². The Morgan fingerprint density at radius 2 is 1.94 bits per heavy atom. The van der Waals surface area contributed by atoms with Gasteiger partial charge in [0.2, 0.25) is 5.95 Å². The number of halogens is 2. The maximum atomic E-state index is 15.3. The highest BCUT2D eigenvalue weighted by Crippen LogP contribution is 2.53. The molecule has 2 N–H and O–H groups in total. The molecule has 0 saturated heterocycles. The first-order chi connectivity index (χ1) is 16.5. The zero-order valence-electron chi connectivity index (χ0n) is 18.1. The van der Waals surface area contributed by atoms with E-state index in [9.17, 15) is 4.39 Å². The first-order valence-corrected chi connectivity index (χ1v) is 10.9. The van der Waals surface area contributed by atoms with Crippen molar-refractivity contribution in [3.05, 3.63) is 77.4 Å². The number of amidine groups is 1. The highest BCUT2D eigenvalue weighted by atomic mass is 19.1. The lowest BCUT2D eigenvalue weighted by atomic mass is 9.77. The summed E-state index contributed by atoms with van der Waals surface area (Å²) in [5.74, 6) is -0.947. The Labute approximate surface area is 193 Å². The number of nitrogens with two attached hydrogens (primary N) is 1. The van der Waals surface area contributed by atoms with Crippen molar-refractivity contribution in [1.29, 1.82) is 0 Å². The highest BCUT2D eigenvalue weighted by Gasteiger charge is 2.46. The molecule has 0 aliphatic carbocycles. The Balaban J connectivity index is 1.59. The van der Waals surface area contributed by atoms with Gasteiger partial charge in [-0.2, -0.15) is 8.78 Å². The number of benzene rings is 1. The number of ether oxygens (including phenoxy) is 3. The molecule has 1 spiro atoms. The van der Waals surface area contributed by atoms with Gasteiger partial charge >= 0.3 is 0 Å². The number of hydrogen-bond acceptors (Lipinski definition) is 7. The second-order valence-electron chi connectivity index (χ2n) is 8.31. The molecule has 3 aliphatic rings. The number of aliphatic imine (C=N–C) groups is 1. The summed E-state index contributed by atoms with van der Waals surface area (Å²) in [6.07, 6.45) is 4.49.